The molecule has 1 heterocycles. The Labute approximate surface area is 87.1 Å². The predicted molar refractivity (Wildman–Crippen MR) is 54.9 cm³/mol. The van der Waals surface area contributed by atoms with Gasteiger partial charge in [-0.1, -0.05) is 11.8 Å². The number of nitrogens with zero attached hydrogens (tertiary/aromatic N) is 2. The zero-order chi connectivity index (χ0) is 9.80. The first kappa shape index (κ1) is 9.56. The minimum Gasteiger partial charge on any atom is -0.340 e. The summed E-state index contributed by atoms with van der Waals surface area (Å²) in [7, 11) is 0. The monoisotopic (exact) mass is 208 g/mol. The standard InChI is InChI=1S/C9H12N4S/c10-5-8(13-7-1-2-7)6-14-9-11-3-4-12-9/h3-4,7-8,13H,1-2,6H2,(H,11,12). The van der Waals surface area contributed by atoms with Crippen molar-refractivity contribution >= 4 is 11.8 Å². The lowest BCUT2D eigenvalue weighted by Gasteiger charge is -2.08. The number of nitriles is 1. The number of thioether (sulfide) groups is 1. The molecule has 1 aliphatic carbocycles. The van der Waals surface area contributed by atoms with Gasteiger partial charge < -0.3 is 4.98 Å². The zero-order valence-electron chi connectivity index (χ0n) is 7.73. The Morgan fingerprint density at radius 2 is 2.64 bits per heavy atom. The first-order valence-corrected chi connectivity index (χ1v) is 5.65. The fourth-order valence-electron chi connectivity index (χ4n) is 1.15. The number of aromatic nitrogens is 2. The minimum atomic E-state index is -0.0578. The molecular formula is C9H12N4S. The summed E-state index contributed by atoms with van der Waals surface area (Å²) in [6.07, 6.45) is 5.93. The summed E-state index contributed by atoms with van der Waals surface area (Å²) in [5.74, 6) is 0.751. The summed E-state index contributed by atoms with van der Waals surface area (Å²) in [6, 6.07) is 2.78. The molecule has 1 fully saturated rings. The molecule has 0 radical (unpaired) electrons. The van der Waals surface area contributed by atoms with Gasteiger partial charge in [-0.15, -0.1) is 0 Å². The molecule has 1 unspecified atom stereocenters. The van der Waals surface area contributed by atoms with E-state index in [1.807, 2.05) is 0 Å². The van der Waals surface area contributed by atoms with Crippen LogP contribution in [0.5, 0.6) is 0 Å². The van der Waals surface area contributed by atoms with Gasteiger partial charge in [0.25, 0.3) is 0 Å². The zero-order valence-corrected chi connectivity index (χ0v) is 8.55. The van der Waals surface area contributed by atoms with Crippen molar-refractivity contribution in [2.75, 3.05) is 5.75 Å². The van der Waals surface area contributed by atoms with Gasteiger partial charge in [0.05, 0.1) is 6.07 Å². The van der Waals surface area contributed by atoms with E-state index in [4.69, 9.17) is 5.26 Å². The SMILES string of the molecule is N#CC(CSc1ncc[nH]1)NC1CC1. The van der Waals surface area contributed by atoms with E-state index < -0.39 is 0 Å². The smallest absolute Gasteiger partial charge is 0.165 e. The second-order valence-corrected chi connectivity index (χ2v) is 4.34. The van der Waals surface area contributed by atoms with Gasteiger partial charge in [0.15, 0.2) is 5.16 Å². The Morgan fingerprint density at radius 3 is 3.21 bits per heavy atom. The van der Waals surface area contributed by atoms with E-state index in [-0.39, 0.29) is 6.04 Å². The van der Waals surface area contributed by atoms with Crippen LogP contribution >= 0.6 is 11.8 Å². The van der Waals surface area contributed by atoms with Crippen molar-refractivity contribution in [3.8, 4) is 6.07 Å². The van der Waals surface area contributed by atoms with Crippen molar-refractivity contribution in [1.29, 1.82) is 5.26 Å². The van der Waals surface area contributed by atoms with Crippen molar-refractivity contribution in [1.82, 2.24) is 15.3 Å². The molecule has 0 spiro atoms. The largest absolute Gasteiger partial charge is 0.340 e. The molecular weight excluding hydrogens is 196 g/mol. The first-order chi connectivity index (χ1) is 6.88. The van der Waals surface area contributed by atoms with Crippen LogP contribution in [0.3, 0.4) is 0 Å². The van der Waals surface area contributed by atoms with Crippen molar-refractivity contribution in [3.05, 3.63) is 12.4 Å². The van der Waals surface area contributed by atoms with E-state index in [9.17, 15) is 0 Å². The van der Waals surface area contributed by atoms with Crippen LogP contribution in [-0.2, 0) is 0 Å². The molecule has 74 valence electrons. The Balaban J connectivity index is 1.74. The molecule has 4 nitrogen and oxygen atoms in total. The van der Waals surface area contributed by atoms with Gasteiger partial charge in [-0.2, -0.15) is 5.26 Å². The Kier molecular flexibility index (Phi) is 3.07. The molecule has 14 heavy (non-hydrogen) atoms. The first-order valence-electron chi connectivity index (χ1n) is 4.66. The number of aromatic amines is 1. The fraction of sp³-hybridized carbons (Fsp3) is 0.556. The maximum Gasteiger partial charge on any atom is 0.165 e. The number of imidazole rings is 1. The van der Waals surface area contributed by atoms with Crippen molar-refractivity contribution in [2.45, 2.75) is 30.1 Å². The Bertz CT molecular complexity index is 312. The lowest BCUT2D eigenvalue weighted by molar-refractivity contribution is 0.644. The molecule has 1 aromatic heterocycles. The molecule has 2 rings (SSSR count). The number of H-pyrrole nitrogens is 1. The maximum atomic E-state index is 8.87. The Morgan fingerprint density at radius 1 is 1.79 bits per heavy atom. The van der Waals surface area contributed by atoms with Gasteiger partial charge in [-0.3, -0.25) is 5.32 Å². The summed E-state index contributed by atoms with van der Waals surface area (Å²) < 4.78 is 0. The summed E-state index contributed by atoms with van der Waals surface area (Å²) >= 11 is 1.58. The van der Waals surface area contributed by atoms with Gasteiger partial charge >= 0.3 is 0 Å². The third-order valence-corrected chi connectivity index (χ3v) is 3.03. The lowest BCUT2D eigenvalue weighted by Crippen LogP contribution is -2.31. The summed E-state index contributed by atoms with van der Waals surface area (Å²) in [5, 5.41) is 13.0. The van der Waals surface area contributed by atoms with E-state index in [0.29, 0.717) is 6.04 Å². The highest BCUT2D eigenvalue weighted by Crippen LogP contribution is 2.21. The van der Waals surface area contributed by atoms with E-state index >= 15 is 0 Å². The van der Waals surface area contributed by atoms with Gasteiger partial charge in [0.1, 0.15) is 6.04 Å². The summed E-state index contributed by atoms with van der Waals surface area (Å²) in [6.45, 7) is 0. The third kappa shape index (κ3) is 2.76. The van der Waals surface area contributed by atoms with E-state index in [2.05, 4.69) is 21.4 Å². The fourth-order valence-corrected chi connectivity index (χ4v) is 1.93. The molecule has 5 heteroatoms. The summed E-state index contributed by atoms with van der Waals surface area (Å²) in [4.78, 5) is 7.09. The van der Waals surface area contributed by atoms with Gasteiger partial charge in [0, 0.05) is 24.2 Å². The van der Waals surface area contributed by atoms with Gasteiger partial charge in [0.2, 0.25) is 0 Å². The van der Waals surface area contributed by atoms with Gasteiger partial charge in [-0.25, -0.2) is 4.98 Å². The maximum absolute atomic E-state index is 8.87. The van der Waals surface area contributed by atoms with Crippen LogP contribution in [0.15, 0.2) is 17.6 Å². The predicted octanol–water partition coefficient (Wildman–Crippen LogP) is 1.15. The van der Waals surface area contributed by atoms with Crippen LogP contribution in [0.1, 0.15) is 12.8 Å². The number of nitrogens with one attached hydrogen (secondary N) is 2. The molecule has 0 amide bonds. The van der Waals surface area contributed by atoms with E-state index in [1.165, 1.54) is 12.8 Å². The quantitative estimate of drug-likeness (QED) is 0.712. The van der Waals surface area contributed by atoms with Crippen molar-refractivity contribution < 1.29 is 0 Å². The minimum absolute atomic E-state index is 0.0578. The highest BCUT2D eigenvalue weighted by atomic mass is 32.2. The summed E-state index contributed by atoms with van der Waals surface area (Å²) in [5.41, 5.74) is 0. The van der Waals surface area contributed by atoms with Crippen molar-refractivity contribution in [3.63, 3.8) is 0 Å². The molecule has 2 N–H and O–H groups in total. The lowest BCUT2D eigenvalue weighted by atomic mass is 10.4. The highest BCUT2D eigenvalue weighted by molar-refractivity contribution is 7.99. The number of rotatable bonds is 5. The number of hydrogen-bond acceptors (Lipinski definition) is 4. The molecule has 1 aromatic rings. The van der Waals surface area contributed by atoms with Crippen LogP contribution in [-0.4, -0.2) is 27.8 Å². The van der Waals surface area contributed by atoms with Crippen LogP contribution in [0, 0.1) is 11.3 Å². The molecule has 0 aliphatic heterocycles. The molecule has 0 bridgehead atoms. The van der Waals surface area contributed by atoms with Crippen LogP contribution in [0.4, 0.5) is 0 Å². The molecule has 0 aromatic carbocycles. The van der Waals surface area contributed by atoms with Crippen molar-refractivity contribution in [2.24, 2.45) is 0 Å². The van der Waals surface area contributed by atoms with Crippen LogP contribution in [0.2, 0.25) is 0 Å². The van der Waals surface area contributed by atoms with E-state index in [1.54, 1.807) is 24.2 Å². The third-order valence-electron chi connectivity index (χ3n) is 2.03. The molecule has 1 atom stereocenters. The average Bonchev–Trinajstić information content (AvgIpc) is 2.86. The number of hydrogen-bond donors (Lipinski definition) is 2. The Hall–Kier alpha value is -0.990. The normalized spacial score (nSPS) is 17.6. The van der Waals surface area contributed by atoms with Gasteiger partial charge in [-0.05, 0) is 12.8 Å². The second-order valence-electron chi connectivity index (χ2n) is 3.33. The molecule has 0 saturated heterocycles. The van der Waals surface area contributed by atoms with Crippen LogP contribution < -0.4 is 5.32 Å². The highest BCUT2D eigenvalue weighted by Gasteiger charge is 2.24. The molecule has 1 aliphatic rings. The van der Waals surface area contributed by atoms with E-state index in [0.717, 1.165) is 10.9 Å². The molecule has 1 saturated carbocycles. The van der Waals surface area contributed by atoms with Crippen LogP contribution in [0.25, 0.3) is 0 Å². The topological polar surface area (TPSA) is 64.5 Å². The second kappa shape index (κ2) is 4.49. The average molecular weight is 208 g/mol.